The number of hydrogen-bond acceptors (Lipinski definition) is 3. The van der Waals surface area contributed by atoms with E-state index in [0.29, 0.717) is 0 Å². The summed E-state index contributed by atoms with van der Waals surface area (Å²) in [6.45, 7) is 10.9. The van der Waals surface area contributed by atoms with E-state index in [1.54, 1.807) is 0 Å². The maximum Gasteiger partial charge on any atom is 0.229 e. The molecule has 0 aliphatic carbocycles. The first kappa shape index (κ1) is 24.8. The Morgan fingerprint density at radius 3 is 1.53 bits per heavy atom. The van der Waals surface area contributed by atoms with Crippen LogP contribution >= 0.6 is 11.8 Å². The van der Waals surface area contributed by atoms with Crippen LogP contribution in [0, 0.1) is 11.3 Å². The number of nitrogens with one attached hydrogen (secondary N) is 1. The lowest BCUT2D eigenvalue weighted by Gasteiger charge is -2.49. The second-order valence-electron chi connectivity index (χ2n) is 10.3. The van der Waals surface area contributed by atoms with Crippen LogP contribution in [0.2, 0.25) is 13.1 Å². The number of rotatable bonds is 8. The van der Waals surface area contributed by atoms with Crippen molar-refractivity contribution in [2.75, 3.05) is 0 Å². The van der Waals surface area contributed by atoms with Crippen LogP contribution in [0.15, 0.2) is 91.0 Å². The van der Waals surface area contributed by atoms with Gasteiger partial charge in [-0.15, -0.1) is 11.8 Å². The minimum absolute atomic E-state index is 0.0647. The number of thioether (sulfide) groups is 1. The van der Waals surface area contributed by atoms with Crippen LogP contribution < -0.4 is 5.32 Å². The molecular weight excluding hydrogens is 454 g/mol. The van der Waals surface area contributed by atoms with Crippen LogP contribution in [-0.4, -0.2) is 26.4 Å². The summed E-state index contributed by atoms with van der Waals surface area (Å²) in [5.74, 6) is -0.106. The molecule has 4 rings (SSSR count). The maximum atomic E-state index is 13.0. The molecule has 5 heteroatoms. The van der Waals surface area contributed by atoms with Gasteiger partial charge in [0.15, 0.2) is 9.04 Å². The van der Waals surface area contributed by atoms with Crippen LogP contribution in [0.3, 0.4) is 0 Å². The Morgan fingerprint density at radius 1 is 0.794 bits per heavy atom. The molecule has 3 atom stereocenters. The van der Waals surface area contributed by atoms with Gasteiger partial charge < -0.3 is 9.74 Å². The van der Waals surface area contributed by atoms with E-state index < -0.39 is 13.8 Å². The quantitative estimate of drug-likeness (QED) is 0.233. The van der Waals surface area contributed by atoms with Crippen molar-refractivity contribution in [2.45, 2.75) is 50.1 Å². The molecule has 1 N–H and O–H groups in total. The van der Waals surface area contributed by atoms with Crippen molar-refractivity contribution in [3.05, 3.63) is 108 Å². The van der Waals surface area contributed by atoms with Gasteiger partial charge in [-0.1, -0.05) is 112 Å². The van der Waals surface area contributed by atoms with Crippen LogP contribution in [0.4, 0.5) is 0 Å². The predicted molar refractivity (Wildman–Crippen MR) is 145 cm³/mol. The molecule has 1 saturated heterocycles. The number of carbonyl (C=O) groups is 1. The first-order valence-corrected chi connectivity index (χ1v) is 15.7. The van der Waals surface area contributed by atoms with Gasteiger partial charge in [-0.05, 0) is 35.2 Å². The van der Waals surface area contributed by atoms with E-state index in [4.69, 9.17) is 4.43 Å². The van der Waals surface area contributed by atoms with Crippen LogP contribution in [0.5, 0.6) is 0 Å². The van der Waals surface area contributed by atoms with E-state index in [-0.39, 0.29) is 28.7 Å². The first-order chi connectivity index (χ1) is 16.2. The van der Waals surface area contributed by atoms with Gasteiger partial charge >= 0.3 is 0 Å². The van der Waals surface area contributed by atoms with Crippen molar-refractivity contribution in [3.63, 3.8) is 0 Å². The lowest BCUT2D eigenvalue weighted by molar-refractivity contribution is -0.140. The zero-order chi connectivity index (χ0) is 24.3. The highest BCUT2D eigenvalue weighted by Gasteiger charge is 2.53. The Kier molecular flexibility index (Phi) is 7.36. The number of β-lactam (4-membered cyclic amide) rings is 1. The number of amides is 1. The molecule has 1 unspecified atom stereocenters. The van der Waals surface area contributed by atoms with Crippen LogP contribution in [0.25, 0.3) is 0 Å². The van der Waals surface area contributed by atoms with Crippen LogP contribution in [-0.2, 0) is 14.0 Å². The highest BCUT2D eigenvalue weighted by molar-refractivity contribution is 8.01. The molecule has 0 spiro atoms. The van der Waals surface area contributed by atoms with E-state index in [1.807, 2.05) is 11.8 Å². The summed E-state index contributed by atoms with van der Waals surface area (Å²) in [5, 5.41) is 3.18. The zero-order valence-electron chi connectivity index (χ0n) is 20.7. The van der Waals surface area contributed by atoms with Crippen molar-refractivity contribution < 1.29 is 9.22 Å². The molecule has 1 heterocycles. The third-order valence-electron chi connectivity index (χ3n) is 6.36. The monoisotopic (exact) mass is 489 g/mol. The Balaban J connectivity index is 1.84. The van der Waals surface area contributed by atoms with E-state index in [0.717, 1.165) is 0 Å². The van der Waals surface area contributed by atoms with E-state index in [1.165, 1.54) is 16.7 Å². The molecule has 3 aromatic carbocycles. The van der Waals surface area contributed by atoms with Crippen molar-refractivity contribution in [1.82, 2.24) is 5.32 Å². The molecule has 0 bridgehead atoms. The first-order valence-electron chi connectivity index (χ1n) is 12.0. The van der Waals surface area contributed by atoms with Gasteiger partial charge in [-0.2, -0.15) is 0 Å². The Labute approximate surface area is 210 Å². The predicted octanol–water partition coefficient (Wildman–Crippen LogP) is 6.20. The lowest BCUT2D eigenvalue weighted by Crippen LogP contribution is -2.65. The summed E-state index contributed by atoms with van der Waals surface area (Å²) in [6.07, 6.45) is -0.120. The average molecular weight is 490 g/mol. The fourth-order valence-corrected chi connectivity index (χ4v) is 7.75. The smallest absolute Gasteiger partial charge is 0.229 e. The molecular formula is C29H35NO2SSi. The van der Waals surface area contributed by atoms with Gasteiger partial charge in [0.1, 0.15) is 0 Å². The lowest BCUT2D eigenvalue weighted by atomic mass is 9.78. The highest BCUT2D eigenvalue weighted by Crippen LogP contribution is 2.53. The Morgan fingerprint density at radius 2 is 1.21 bits per heavy atom. The summed E-state index contributed by atoms with van der Waals surface area (Å²) >= 11 is 1.83. The van der Waals surface area contributed by atoms with Gasteiger partial charge in [-0.25, -0.2) is 0 Å². The Hall–Kier alpha value is -2.34. The summed E-state index contributed by atoms with van der Waals surface area (Å²) in [7, 11) is -1.34. The normalized spacial score (nSPS) is 19.4. The van der Waals surface area contributed by atoms with E-state index in [9.17, 15) is 4.79 Å². The van der Waals surface area contributed by atoms with Crippen molar-refractivity contribution >= 4 is 26.7 Å². The van der Waals surface area contributed by atoms with Gasteiger partial charge in [0.25, 0.3) is 0 Å². The molecule has 0 radical (unpaired) electrons. The third-order valence-corrected chi connectivity index (χ3v) is 8.92. The van der Waals surface area contributed by atoms with Gasteiger partial charge in [0, 0.05) is 0 Å². The second kappa shape index (κ2) is 10.1. The van der Waals surface area contributed by atoms with Crippen molar-refractivity contribution in [3.8, 4) is 0 Å². The van der Waals surface area contributed by atoms with E-state index in [2.05, 4.69) is 130 Å². The molecule has 178 valence electrons. The maximum absolute atomic E-state index is 13.0. The number of hydrogen-bond donors (Lipinski definition) is 1. The van der Waals surface area contributed by atoms with Crippen LogP contribution in [0.1, 0.15) is 37.5 Å². The van der Waals surface area contributed by atoms with Gasteiger partial charge in [-0.3, -0.25) is 4.79 Å². The molecule has 1 amide bonds. The minimum atomic E-state index is -1.34. The zero-order valence-corrected chi connectivity index (χ0v) is 22.7. The van der Waals surface area contributed by atoms with E-state index >= 15 is 0 Å². The second-order valence-corrected chi connectivity index (χ2v) is 14.0. The number of carbonyl (C=O) groups excluding carboxylic acids is 1. The SMILES string of the molecule is C[SiH](C)OC([C@H]1C(=O)N[C@@H]1SC(c1ccccc1)(c1ccccc1)c1ccccc1)C(C)(C)C. The highest BCUT2D eigenvalue weighted by atomic mass is 32.2. The molecule has 1 aliphatic heterocycles. The fraction of sp³-hybridized carbons (Fsp3) is 0.345. The summed E-state index contributed by atoms with van der Waals surface area (Å²) in [5.41, 5.74) is 3.46. The molecule has 3 nitrogen and oxygen atoms in total. The van der Waals surface area contributed by atoms with Gasteiger partial charge in [0.05, 0.1) is 22.1 Å². The molecule has 34 heavy (non-hydrogen) atoms. The van der Waals surface area contributed by atoms with Crippen molar-refractivity contribution in [1.29, 1.82) is 0 Å². The van der Waals surface area contributed by atoms with Gasteiger partial charge in [0.2, 0.25) is 5.91 Å². The molecule has 0 saturated carbocycles. The standard InChI is InChI=1S/C29H35NO2SSi/c1-28(2,3)25(32-34(4)5)24-26(31)30-27(24)33-29(21-15-9-6-10-16-21,22-17-11-7-12-18-22)23-19-13-8-14-20-23/h6-20,24-25,27,34H,1-5H3,(H,30,31)/t24-,25?,27+/m0/s1. The largest absolute Gasteiger partial charge is 0.416 e. The molecule has 0 aromatic heterocycles. The fourth-order valence-electron chi connectivity index (χ4n) is 4.80. The molecule has 3 aromatic rings. The summed E-state index contributed by atoms with van der Waals surface area (Å²) < 4.78 is 6.04. The topological polar surface area (TPSA) is 38.3 Å². The molecule has 1 fully saturated rings. The Bertz CT molecular complexity index is 987. The summed E-state index contributed by atoms with van der Waals surface area (Å²) in [6, 6.07) is 31.9. The summed E-state index contributed by atoms with van der Waals surface area (Å²) in [4.78, 5) is 13.0. The minimum Gasteiger partial charge on any atom is -0.416 e. The number of benzene rings is 3. The van der Waals surface area contributed by atoms with Crippen molar-refractivity contribution in [2.24, 2.45) is 11.3 Å². The average Bonchev–Trinajstić information content (AvgIpc) is 2.82. The molecule has 1 aliphatic rings. The third kappa shape index (κ3) is 4.88.